The number of aryl methyl sites for hydroxylation is 1. The zero-order valence-corrected chi connectivity index (χ0v) is 14.9. The lowest BCUT2D eigenvalue weighted by molar-refractivity contribution is 0.0949. The van der Waals surface area contributed by atoms with E-state index in [9.17, 15) is 4.79 Å². The summed E-state index contributed by atoms with van der Waals surface area (Å²) in [5, 5.41) is 4.56. The third-order valence-corrected chi connectivity index (χ3v) is 4.64. The molecular weight excluding hydrogens is 326 g/mol. The van der Waals surface area contributed by atoms with Gasteiger partial charge in [0.2, 0.25) is 0 Å². The molecule has 2 aromatic carbocycles. The summed E-state index contributed by atoms with van der Waals surface area (Å²) in [4.78, 5) is 15.0. The maximum atomic E-state index is 13.2. The van der Waals surface area contributed by atoms with E-state index in [0.29, 0.717) is 12.2 Å². The molecule has 0 radical (unpaired) electrons. The smallest absolute Gasteiger partial charge is 0.279 e. The van der Waals surface area contributed by atoms with Crippen molar-refractivity contribution < 1.29 is 9.53 Å². The van der Waals surface area contributed by atoms with Gasteiger partial charge in [-0.3, -0.25) is 9.69 Å². The molecule has 0 bridgehead atoms. The van der Waals surface area contributed by atoms with Crippen LogP contribution in [-0.4, -0.2) is 28.3 Å². The molecule has 0 fully saturated rings. The number of benzene rings is 2. The van der Waals surface area contributed by atoms with Crippen LogP contribution in [-0.2, 0) is 0 Å². The van der Waals surface area contributed by atoms with E-state index in [1.54, 1.807) is 9.58 Å². The van der Waals surface area contributed by atoms with E-state index in [0.717, 1.165) is 29.2 Å². The minimum Gasteiger partial charge on any atom is -0.486 e. The van der Waals surface area contributed by atoms with E-state index in [-0.39, 0.29) is 12.0 Å². The number of anilines is 1. The van der Waals surface area contributed by atoms with Crippen molar-refractivity contribution in [3.63, 3.8) is 0 Å². The SMILES string of the molecule is CC[C@@H]1CN(C(=O)c2cc(C)n(-c3ccccc3)n2)c2ccccc2O1. The average molecular weight is 347 g/mol. The summed E-state index contributed by atoms with van der Waals surface area (Å²) >= 11 is 0. The first-order valence-electron chi connectivity index (χ1n) is 8.87. The van der Waals surface area contributed by atoms with Gasteiger partial charge in [-0.25, -0.2) is 4.68 Å². The second-order valence-corrected chi connectivity index (χ2v) is 6.45. The standard InChI is InChI=1S/C21H21N3O2/c1-3-17-14-23(19-11-7-8-12-20(19)26-17)21(25)18-13-15(2)24(22-18)16-9-5-4-6-10-16/h4-13,17H,3,14H2,1-2H3/t17-/m1/s1. The van der Waals surface area contributed by atoms with Crippen LogP contribution >= 0.6 is 0 Å². The first-order valence-corrected chi connectivity index (χ1v) is 8.87. The maximum Gasteiger partial charge on any atom is 0.279 e. The summed E-state index contributed by atoms with van der Waals surface area (Å²) in [5.41, 5.74) is 3.11. The second kappa shape index (κ2) is 6.67. The first kappa shape index (κ1) is 16.4. The summed E-state index contributed by atoms with van der Waals surface area (Å²) in [5.74, 6) is 0.648. The topological polar surface area (TPSA) is 47.4 Å². The lowest BCUT2D eigenvalue weighted by Gasteiger charge is -2.34. The van der Waals surface area contributed by atoms with E-state index in [4.69, 9.17) is 4.74 Å². The summed E-state index contributed by atoms with van der Waals surface area (Å²) in [6.07, 6.45) is 0.835. The van der Waals surface area contributed by atoms with E-state index in [1.165, 1.54) is 0 Å². The molecule has 0 saturated heterocycles. The number of fused-ring (bicyclic) bond motifs is 1. The highest BCUT2D eigenvalue weighted by molar-refractivity contribution is 6.06. The van der Waals surface area contributed by atoms with Crippen LogP contribution in [0.1, 0.15) is 29.5 Å². The molecule has 1 aromatic heterocycles. The molecule has 3 aromatic rings. The van der Waals surface area contributed by atoms with Gasteiger partial charge in [0.1, 0.15) is 11.9 Å². The Bertz CT molecular complexity index is 933. The normalized spacial score (nSPS) is 16.1. The van der Waals surface area contributed by atoms with Crippen molar-refractivity contribution in [2.75, 3.05) is 11.4 Å². The van der Waals surface area contributed by atoms with Gasteiger partial charge in [0.05, 0.1) is 17.9 Å². The van der Waals surface area contributed by atoms with Gasteiger partial charge < -0.3 is 4.74 Å². The molecule has 26 heavy (non-hydrogen) atoms. The Labute approximate surface area is 152 Å². The van der Waals surface area contributed by atoms with Gasteiger partial charge in [-0.05, 0) is 43.7 Å². The Kier molecular flexibility index (Phi) is 4.21. The molecule has 0 saturated carbocycles. The third kappa shape index (κ3) is 2.86. The number of rotatable bonds is 3. The molecule has 1 aliphatic heterocycles. The summed E-state index contributed by atoms with van der Waals surface area (Å²) in [6.45, 7) is 4.55. The van der Waals surface area contributed by atoms with Crippen LogP contribution in [0.5, 0.6) is 5.75 Å². The van der Waals surface area contributed by atoms with Crippen LogP contribution in [0.15, 0.2) is 60.7 Å². The lowest BCUT2D eigenvalue weighted by atomic mass is 10.1. The van der Waals surface area contributed by atoms with Gasteiger partial charge in [-0.15, -0.1) is 0 Å². The molecular formula is C21H21N3O2. The number of hydrogen-bond acceptors (Lipinski definition) is 3. The Hall–Kier alpha value is -3.08. The molecule has 4 rings (SSSR count). The molecule has 2 heterocycles. The zero-order chi connectivity index (χ0) is 18.1. The van der Waals surface area contributed by atoms with Gasteiger partial charge in [0.25, 0.3) is 5.91 Å². The maximum absolute atomic E-state index is 13.2. The van der Waals surface area contributed by atoms with Crippen molar-refractivity contribution in [2.45, 2.75) is 26.4 Å². The average Bonchev–Trinajstić information content (AvgIpc) is 3.09. The summed E-state index contributed by atoms with van der Waals surface area (Å²) in [6, 6.07) is 19.3. The van der Waals surface area contributed by atoms with E-state index >= 15 is 0 Å². The molecule has 1 amide bonds. The van der Waals surface area contributed by atoms with Crippen LogP contribution in [0.4, 0.5) is 5.69 Å². The molecule has 0 N–H and O–H groups in total. The Balaban J connectivity index is 1.70. The van der Waals surface area contributed by atoms with E-state index in [1.807, 2.05) is 67.6 Å². The van der Waals surface area contributed by atoms with Gasteiger partial charge in [0, 0.05) is 5.69 Å². The molecule has 0 spiro atoms. The minimum absolute atomic E-state index is 0.00819. The molecule has 0 unspecified atom stereocenters. The number of nitrogens with zero attached hydrogens (tertiary/aromatic N) is 3. The fourth-order valence-electron chi connectivity index (χ4n) is 3.25. The van der Waals surface area contributed by atoms with Crippen LogP contribution in [0, 0.1) is 6.92 Å². The lowest BCUT2D eigenvalue weighted by Crippen LogP contribution is -2.43. The van der Waals surface area contributed by atoms with Crippen LogP contribution < -0.4 is 9.64 Å². The van der Waals surface area contributed by atoms with Crippen LogP contribution in [0.25, 0.3) is 5.69 Å². The van der Waals surface area contributed by atoms with Gasteiger partial charge in [0.15, 0.2) is 5.69 Å². The van der Waals surface area contributed by atoms with Crippen molar-refractivity contribution in [3.05, 3.63) is 72.1 Å². The van der Waals surface area contributed by atoms with Crippen molar-refractivity contribution in [1.29, 1.82) is 0 Å². The van der Waals surface area contributed by atoms with Gasteiger partial charge in [-0.1, -0.05) is 37.3 Å². The number of ether oxygens (including phenoxy) is 1. The van der Waals surface area contributed by atoms with Crippen molar-refractivity contribution in [1.82, 2.24) is 9.78 Å². The number of carbonyl (C=O) groups excluding carboxylic acids is 1. The van der Waals surface area contributed by atoms with Crippen molar-refractivity contribution in [2.24, 2.45) is 0 Å². The largest absolute Gasteiger partial charge is 0.486 e. The Morgan fingerprint density at radius 1 is 1.15 bits per heavy atom. The number of amides is 1. The van der Waals surface area contributed by atoms with Crippen molar-refractivity contribution >= 4 is 11.6 Å². The third-order valence-electron chi connectivity index (χ3n) is 4.64. The van der Waals surface area contributed by atoms with Gasteiger partial charge in [-0.2, -0.15) is 5.10 Å². The highest BCUT2D eigenvalue weighted by Crippen LogP contribution is 2.34. The quantitative estimate of drug-likeness (QED) is 0.719. The molecule has 0 aliphatic carbocycles. The predicted molar refractivity (Wildman–Crippen MR) is 101 cm³/mol. The Morgan fingerprint density at radius 3 is 2.65 bits per heavy atom. The molecule has 5 nitrogen and oxygen atoms in total. The molecule has 5 heteroatoms. The van der Waals surface area contributed by atoms with E-state index < -0.39 is 0 Å². The molecule has 1 atom stereocenters. The number of para-hydroxylation sites is 3. The summed E-state index contributed by atoms with van der Waals surface area (Å²) < 4.78 is 7.78. The van der Waals surface area contributed by atoms with Crippen LogP contribution in [0.2, 0.25) is 0 Å². The number of carbonyl (C=O) groups is 1. The molecule has 132 valence electrons. The fourth-order valence-corrected chi connectivity index (χ4v) is 3.25. The van der Waals surface area contributed by atoms with E-state index in [2.05, 4.69) is 12.0 Å². The number of hydrogen-bond donors (Lipinski definition) is 0. The highest BCUT2D eigenvalue weighted by Gasteiger charge is 2.30. The summed E-state index contributed by atoms with van der Waals surface area (Å²) in [7, 11) is 0. The zero-order valence-electron chi connectivity index (χ0n) is 14.9. The second-order valence-electron chi connectivity index (χ2n) is 6.45. The van der Waals surface area contributed by atoms with Crippen molar-refractivity contribution in [3.8, 4) is 11.4 Å². The minimum atomic E-state index is -0.100. The van der Waals surface area contributed by atoms with Gasteiger partial charge >= 0.3 is 0 Å². The first-order chi connectivity index (χ1) is 12.7. The number of aromatic nitrogens is 2. The Morgan fingerprint density at radius 2 is 1.88 bits per heavy atom. The predicted octanol–water partition coefficient (Wildman–Crippen LogP) is 4.00. The van der Waals surface area contributed by atoms with Crippen LogP contribution in [0.3, 0.4) is 0 Å². The fraction of sp³-hybridized carbons (Fsp3) is 0.238. The highest BCUT2D eigenvalue weighted by atomic mass is 16.5. The monoisotopic (exact) mass is 347 g/mol. The molecule has 1 aliphatic rings.